The maximum absolute atomic E-state index is 13.7. The van der Waals surface area contributed by atoms with Crippen LogP contribution in [0, 0.1) is 0 Å². The molecule has 1 saturated carbocycles. The number of rotatable bonds is 6. The minimum absolute atomic E-state index is 0.0464. The van der Waals surface area contributed by atoms with Crippen molar-refractivity contribution < 1.29 is 22.4 Å². The van der Waals surface area contributed by atoms with Gasteiger partial charge in [0.1, 0.15) is 17.3 Å². The van der Waals surface area contributed by atoms with Crippen molar-refractivity contribution in [1.29, 1.82) is 0 Å². The number of fused-ring (bicyclic) bond motifs is 2. The summed E-state index contributed by atoms with van der Waals surface area (Å²) in [5.41, 5.74) is 0.269. The summed E-state index contributed by atoms with van der Waals surface area (Å²) in [4.78, 5) is 6.96. The van der Waals surface area contributed by atoms with Crippen LogP contribution in [0.5, 0.6) is 0 Å². The lowest BCUT2D eigenvalue weighted by Gasteiger charge is -2.39. The SMILES string of the molecule is FC(F)(F)c1ccccc1-c1noc(C2CC2)c1COC1CC2CCC(C1)N2c1ccccn1. The predicted octanol–water partition coefficient (Wildman–Crippen LogP) is 6.35. The summed E-state index contributed by atoms with van der Waals surface area (Å²) in [6, 6.07) is 12.3. The van der Waals surface area contributed by atoms with Gasteiger partial charge < -0.3 is 14.2 Å². The molecule has 2 atom stereocenters. The Morgan fingerprint density at radius 1 is 0.971 bits per heavy atom. The van der Waals surface area contributed by atoms with Gasteiger partial charge in [0, 0.05) is 35.3 Å². The van der Waals surface area contributed by atoms with E-state index in [1.807, 2.05) is 18.3 Å². The summed E-state index contributed by atoms with van der Waals surface area (Å²) in [5.74, 6) is 1.91. The number of aromatic nitrogens is 2. The third kappa shape index (κ3) is 3.98. The Morgan fingerprint density at radius 3 is 2.38 bits per heavy atom. The van der Waals surface area contributed by atoms with E-state index in [-0.39, 0.29) is 29.9 Å². The number of ether oxygens (including phenoxy) is 1. The van der Waals surface area contributed by atoms with Crippen molar-refractivity contribution >= 4 is 5.82 Å². The maximum Gasteiger partial charge on any atom is 0.417 e. The Kier molecular flexibility index (Phi) is 5.36. The van der Waals surface area contributed by atoms with Gasteiger partial charge in [-0.15, -0.1) is 0 Å². The third-order valence-electron chi connectivity index (χ3n) is 7.32. The number of hydrogen-bond donors (Lipinski definition) is 0. The van der Waals surface area contributed by atoms with Crippen LogP contribution in [0.3, 0.4) is 0 Å². The van der Waals surface area contributed by atoms with Crippen molar-refractivity contribution in [3.8, 4) is 11.3 Å². The Bertz CT molecular complexity index is 1150. The molecule has 2 unspecified atom stereocenters. The van der Waals surface area contributed by atoms with E-state index in [0.717, 1.165) is 50.4 Å². The minimum Gasteiger partial charge on any atom is -0.373 e. The zero-order chi connectivity index (χ0) is 23.3. The molecule has 6 rings (SSSR count). The van der Waals surface area contributed by atoms with E-state index in [2.05, 4.69) is 21.1 Å². The average molecular weight is 470 g/mol. The largest absolute Gasteiger partial charge is 0.417 e. The van der Waals surface area contributed by atoms with Gasteiger partial charge in [-0.3, -0.25) is 0 Å². The first-order valence-electron chi connectivity index (χ1n) is 11.9. The second kappa shape index (κ2) is 8.41. The number of piperidine rings is 1. The first kappa shape index (κ1) is 21.6. The van der Waals surface area contributed by atoms with Crippen molar-refractivity contribution in [2.75, 3.05) is 4.90 Å². The molecule has 0 amide bonds. The summed E-state index contributed by atoms with van der Waals surface area (Å²) in [7, 11) is 0. The predicted molar refractivity (Wildman–Crippen MR) is 120 cm³/mol. The lowest BCUT2D eigenvalue weighted by molar-refractivity contribution is -0.137. The molecule has 3 fully saturated rings. The smallest absolute Gasteiger partial charge is 0.373 e. The molecule has 3 aromatic rings. The normalized spacial score (nSPS) is 24.6. The molecule has 2 saturated heterocycles. The van der Waals surface area contributed by atoms with Crippen LogP contribution >= 0.6 is 0 Å². The van der Waals surface area contributed by atoms with Gasteiger partial charge in [0.05, 0.1) is 18.3 Å². The van der Waals surface area contributed by atoms with E-state index in [1.54, 1.807) is 6.07 Å². The van der Waals surface area contributed by atoms with E-state index >= 15 is 0 Å². The Balaban J connectivity index is 1.23. The standard InChI is InChI=1S/C26H26F3N3O2/c27-26(28,29)22-6-2-1-5-20(22)24-21(25(34-31-24)16-8-9-16)15-33-19-13-17-10-11-18(14-19)32(17)23-7-3-4-12-30-23/h1-7,12,16-19H,8-11,13-15H2. The molecule has 1 aromatic carbocycles. The van der Waals surface area contributed by atoms with Crippen molar-refractivity contribution in [1.82, 2.24) is 10.1 Å². The van der Waals surface area contributed by atoms with Crippen LogP contribution < -0.4 is 4.90 Å². The molecule has 5 nitrogen and oxygen atoms in total. The fourth-order valence-corrected chi connectivity index (χ4v) is 5.62. The van der Waals surface area contributed by atoms with Crippen LogP contribution in [0.1, 0.15) is 61.3 Å². The molecular formula is C26H26F3N3O2. The average Bonchev–Trinajstić information content (AvgIpc) is 3.54. The Morgan fingerprint density at radius 2 is 1.71 bits per heavy atom. The summed E-state index contributed by atoms with van der Waals surface area (Å²) in [5, 5.41) is 4.11. The highest BCUT2D eigenvalue weighted by Crippen LogP contribution is 2.46. The third-order valence-corrected chi connectivity index (χ3v) is 7.32. The van der Waals surface area contributed by atoms with Crippen LogP contribution in [0.4, 0.5) is 19.0 Å². The number of pyridine rings is 1. The minimum atomic E-state index is -4.47. The molecule has 4 heterocycles. The fraction of sp³-hybridized carbons (Fsp3) is 0.462. The molecule has 2 aliphatic heterocycles. The van der Waals surface area contributed by atoms with Gasteiger partial charge in [-0.2, -0.15) is 13.2 Å². The van der Waals surface area contributed by atoms with Crippen molar-refractivity contribution in [2.45, 2.75) is 75.4 Å². The van der Waals surface area contributed by atoms with Crippen molar-refractivity contribution in [3.63, 3.8) is 0 Å². The molecule has 1 aliphatic carbocycles. The highest BCUT2D eigenvalue weighted by molar-refractivity contribution is 5.68. The van der Waals surface area contributed by atoms with E-state index in [0.29, 0.717) is 23.4 Å². The number of hydrogen-bond acceptors (Lipinski definition) is 5. The van der Waals surface area contributed by atoms with E-state index in [9.17, 15) is 13.2 Å². The number of anilines is 1. The second-order valence-corrected chi connectivity index (χ2v) is 9.58. The number of benzene rings is 1. The van der Waals surface area contributed by atoms with E-state index < -0.39 is 11.7 Å². The fourth-order valence-electron chi connectivity index (χ4n) is 5.62. The molecule has 2 bridgehead atoms. The number of halogens is 3. The molecule has 0 radical (unpaired) electrons. The molecule has 3 aliphatic rings. The lowest BCUT2D eigenvalue weighted by atomic mass is 9.98. The zero-order valence-electron chi connectivity index (χ0n) is 18.7. The van der Waals surface area contributed by atoms with Gasteiger partial charge in [-0.25, -0.2) is 4.98 Å². The first-order chi connectivity index (χ1) is 16.5. The second-order valence-electron chi connectivity index (χ2n) is 9.58. The summed E-state index contributed by atoms with van der Waals surface area (Å²) < 4.78 is 53.0. The molecule has 2 aromatic heterocycles. The van der Waals surface area contributed by atoms with Gasteiger partial charge in [0.15, 0.2) is 0 Å². The summed E-state index contributed by atoms with van der Waals surface area (Å²) >= 11 is 0. The highest BCUT2D eigenvalue weighted by atomic mass is 19.4. The molecule has 34 heavy (non-hydrogen) atoms. The molecule has 0 spiro atoms. The van der Waals surface area contributed by atoms with Gasteiger partial charge in [-0.1, -0.05) is 29.4 Å². The van der Waals surface area contributed by atoms with Crippen LogP contribution in [-0.2, 0) is 17.5 Å². The summed E-state index contributed by atoms with van der Waals surface area (Å²) in [6.07, 6.45) is 3.30. The van der Waals surface area contributed by atoms with Crippen LogP contribution in [0.2, 0.25) is 0 Å². The topological polar surface area (TPSA) is 51.4 Å². The zero-order valence-corrected chi connectivity index (χ0v) is 18.7. The quantitative estimate of drug-likeness (QED) is 0.421. The Labute approximate surface area is 195 Å². The lowest BCUT2D eigenvalue weighted by Crippen LogP contribution is -2.45. The van der Waals surface area contributed by atoms with Gasteiger partial charge in [0.2, 0.25) is 0 Å². The van der Waals surface area contributed by atoms with E-state index in [1.165, 1.54) is 12.1 Å². The van der Waals surface area contributed by atoms with Crippen molar-refractivity contribution in [2.24, 2.45) is 0 Å². The molecule has 8 heteroatoms. The van der Waals surface area contributed by atoms with Gasteiger partial charge in [0.25, 0.3) is 0 Å². The molecule has 0 N–H and O–H groups in total. The highest BCUT2D eigenvalue weighted by Gasteiger charge is 2.42. The van der Waals surface area contributed by atoms with Crippen molar-refractivity contribution in [3.05, 3.63) is 65.5 Å². The van der Waals surface area contributed by atoms with Crippen LogP contribution in [0.25, 0.3) is 11.3 Å². The molecular weight excluding hydrogens is 443 g/mol. The Hall–Kier alpha value is -2.87. The maximum atomic E-state index is 13.7. The number of alkyl halides is 3. The van der Waals surface area contributed by atoms with E-state index in [4.69, 9.17) is 9.26 Å². The van der Waals surface area contributed by atoms with Crippen LogP contribution in [-0.4, -0.2) is 28.3 Å². The molecule has 178 valence electrons. The number of nitrogens with zero attached hydrogens (tertiary/aromatic N) is 3. The monoisotopic (exact) mass is 469 g/mol. The van der Waals surface area contributed by atoms with Gasteiger partial charge >= 0.3 is 6.18 Å². The first-order valence-corrected chi connectivity index (χ1v) is 11.9. The summed E-state index contributed by atoms with van der Waals surface area (Å²) in [6.45, 7) is 0.213. The van der Waals surface area contributed by atoms with Gasteiger partial charge in [-0.05, 0) is 56.7 Å². The van der Waals surface area contributed by atoms with Crippen LogP contribution in [0.15, 0.2) is 53.2 Å².